The van der Waals surface area contributed by atoms with Crippen LogP contribution in [0.25, 0.3) is 0 Å². The minimum Gasteiger partial charge on any atom is -0.352 e. The molecule has 0 spiro atoms. The first-order valence-corrected chi connectivity index (χ1v) is 23.4. The molecule has 49 heavy (non-hydrogen) atoms. The third kappa shape index (κ3) is 38.3. The van der Waals surface area contributed by atoms with E-state index >= 15 is 0 Å². The van der Waals surface area contributed by atoms with Crippen molar-refractivity contribution in [2.45, 2.75) is 278 Å². The smallest absolute Gasteiger partial charge is 0.0221 e. The summed E-state index contributed by atoms with van der Waals surface area (Å²) >= 11 is 0. The summed E-state index contributed by atoms with van der Waals surface area (Å²) in [4.78, 5) is 2.64. The van der Waals surface area contributed by atoms with E-state index in [-0.39, 0.29) is 0 Å². The van der Waals surface area contributed by atoms with Gasteiger partial charge in [-0.1, -0.05) is 245 Å². The Morgan fingerprint density at radius 3 is 0.980 bits per heavy atom. The summed E-state index contributed by atoms with van der Waals surface area (Å²) in [6, 6.07) is 0. The second-order valence-corrected chi connectivity index (χ2v) is 15.9. The summed E-state index contributed by atoms with van der Waals surface area (Å²) in [7, 11) is 0. The molecule has 0 radical (unpaired) electrons. The third-order valence-electron chi connectivity index (χ3n) is 10.9. The summed E-state index contributed by atoms with van der Waals surface area (Å²) in [6.45, 7) is 10.5. The normalized spacial score (nSPS) is 12.1. The van der Waals surface area contributed by atoms with Gasteiger partial charge in [-0.25, -0.2) is 0 Å². The predicted octanol–water partition coefficient (Wildman–Crippen LogP) is 18.0. The van der Waals surface area contributed by atoms with Gasteiger partial charge in [0.25, 0.3) is 0 Å². The molecule has 0 atom stereocenters. The van der Waals surface area contributed by atoms with Crippen LogP contribution in [0.5, 0.6) is 0 Å². The summed E-state index contributed by atoms with van der Waals surface area (Å²) < 4.78 is 0. The van der Waals surface area contributed by atoms with Crippen molar-refractivity contribution in [2.75, 3.05) is 6.54 Å². The van der Waals surface area contributed by atoms with E-state index in [1.165, 1.54) is 257 Å². The molecule has 1 nitrogen and oxygen atoms in total. The largest absolute Gasteiger partial charge is 0.352 e. The highest BCUT2D eigenvalue weighted by atomic mass is 15.1. The molecular weight excluding hydrogens is 591 g/mol. The number of hydrogen-bond donors (Lipinski definition) is 0. The molecule has 0 bridgehead atoms. The standard InChI is InChI=1S/C48H95N/c1-5-9-13-15-17-19-21-23-25-27-29-31-33-35-37-39-41-43-47-49(46-12-8-4)48(44-11-7-3)45-42-40-38-36-34-32-30-28-26-24-22-20-18-16-14-10-6-2/h43,45,47H,5-42,44,46H2,1-4H3. The molecule has 0 saturated heterocycles. The molecule has 0 aromatic carbocycles. The molecular formula is C48H95N. The zero-order chi connectivity index (χ0) is 35.6. The molecule has 1 heteroatoms. The highest BCUT2D eigenvalue weighted by Crippen LogP contribution is 2.20. The van der Waals surface area contributed by atoms with Crippen molar-refractivity contribution in [3.8, 4) is 0 Å². The van der Waals surface area contributed by atoms with Crippen LogP contribution in [0.4, 0.5) is 0 Å². The zero-order valence-electron chi connectivity index (χ0n) is 35.0. The first kappa shape index (κ1) is 48.3. The maximum Gasteiger partial charge on any atom is 0.0221 e. The first-order chi connectivity index (χ1) is 24.3. The molecule has 0 saturated carbocycles. The Morgan fingerprint density at radius 2 is 0.633 bits per heavy atom. The Balaban J connectivity index is 4.01. The van der Waals surface area contributed by atoms with E-state index in [2.05, 4.69) is 50.9 Å². The molecule has 0 rings (SSSR count). The van der Waals surface area contributed by atoms with E-state index in [9.17, 15) is 0 Å². The first-order valence-electron chi connectivity index (χ1n) is 23.4. The summed E-state index contributed by atoms with van der Waals surface area (Å²) in [5.41, 5.74) is 1.61. The Hall–Kier alpha value is -0.720. The highest BCUT2D eigenvalue weighted by Gasteiger charge is 2.06. The molecule has 0 aromatic heterocycles. The van der Waals surface area contributed by atoms with Crippen LogP contribution < -0.4 is 0 Å². The Bertz CT molecular complexity index is 647. The number of unbranched alkanes of at least 4 members (excludes halogenated alkanes) is 34. The minimum absolute atomic E-state index is 1.19. The van der Waals surface area contributed by atoms with Crippen molar-refractivity contribution in [1.82, 2.24) is 4.90 Å². The van der Waals surface area contributed by atoms with Crippen LogP contribution in [0.15, 0.2) is 24.0 Å². The van der Waals surface area contributed by atoms with E-state index in [0.717, 1.165) is 0 Å². The van der Waals surface area contributed by atoms with Crippen molar-refractivity contribution < 1.29 is 0 Å². The van der Waals surface area contributed by atoms with E-state index in [0.29, 0.717) is 0 Å². The lowest BCUT2D eigenvalue weighted by atomic mass is 10.0. The van der Waals surface area contributed by atoms with Crippen LogP contribution in [0.3, 0.4) is 0 Å². The second kappa shape index (κ2) is 43.4. The quantitative estimate of drug-likeness (QED) is 0.0578. The number of nitrogens with zero attached hydrogens (tertiary/aromatic N) is 1. The fraction of sp³-hybridized carbons (Fsp3) is 0.917. The van der Waals surface area contributed by atoms with Crippen molar-refractivity contribution in [3.05, 3.63) is 24.0 Å². The molecule has 0 aliphatic rings. The predicted molar refractivity (Wildman–Crippen MR) is 227 cm³/mol. The van der Waals surface area contributed by atoms with Gasteiger partial charge in [-0.2, -0.15) is 0 Å². The van der Waals surface area contributed by atoms with Crippen molar-refractivity contribution in [1.29, 1.82) is 0 Å². The van der Waals surface area contributed by atoms with Gasteiger partial charge < -0.3 is 4.90 Å². The average molecular weight is 686 g/mol. The maximum absolute atomic E-state index is 2.64. The minimum atomic E-state index is 1.19. The highest BCUT2D eigenvalue weighted by molar-refractivity contribution is 5.06. The van der Waals surface area contributed by atoms with Crippen LogP contribution in [0, 0.1) is 0 Å². The second-order valence-electron chi connectivity index (χ2n) is 15.9. The molecule has 292 valence electrons. The van der Waals surface area contributed by atoms with E-state index in [1.54, 1.807) is 5.70 Å². The van der Waals surface area contributed by atoms with Gasteiger partial charge in [-0.15, -0.1) is 0 Å². The Morgan fingerprint density at radius 1 is 0.327 bits per heavy atom. The van der Waals surface area contributed by atoms with Crippen LogP contribution in [0.1, 0.15) is 278 Å². The fourth-order valence-corrected chi connectivity index (χ4v) is 7.34. The van der Waals surface area contributed by atoms with Crippen molar-refractivity contribution in [3.63, 3.8) is 0 Å². The van der Waals surface area contributed by atoms with Crippen molar-refractivity contribution >= 4 is 0 Å². The lowest BCUT2D eigenvalue weighted by Gasteiger charge is -2.24. The molecule has 0 aromatic rings. The third-order valence-corrected chi connectivity index (χ3v) is 10.9. The summed E-state index contributed by atoms with van der Waals surface area (Å²) in [6.07, 6.45) is 62.9. The van der Waals surface area contributed by atoms with Crippen LogP contribution in [-0.4, -0.2) is 11.4 Å². The van der Waals surface area contributed by atoms with Crippen LogP contribution >= 0.6 is 0 Å². The average Bonchev–Trinajstić information content (AvgIpc) is 3.11. The lowest BCUT2D eigenvalue weighted by molar-refractivity contribution is 0.422. The molecule has 0 heterocycles. The number of allylic oxidation sites excluding steroid dienone is 3. The Kier molecular flexibility index (Phi) is 42.8. The van der Waals surface area contributed by atoms with Gasteiger partial charge in [-0.05, 0) is 51.1 Å². The van der Waals surface area contributed by atoms with Gasteiger partial charge in [0, 0.05) is 12.2 Å². The topological polar surface area (TPSA) is 3.24 Å². The molecule has 0 N–H and O–H groups in total. The number of hydrogen-bond acceptors (Lipinski definition) is 1. The van der Waals surface area contributed by atoms with Gasteiger partial charge in [0.05, 0.1) is 0 Å². The molecule has 0 unspecified atom stereocenters. The van der Waals surface area contributed by atoms with Crippen LogP contribution in [-0.2, 0) is 0 Å². The van der Waals surface area contributed by atoms with Gasteiger partial charge in [-0.3, -0.25) is 0 Å². The van der Waals surface area contributed by atoms with Gasteiger partial charge in [0.2, 0.25) is 0 Å². The van der Waals surface area contributed by atoms with Crippen LogP contribution in [0.2, 0.25) is 0 Å². The number of rotatable bonds is 42. The lowest BCUT2D eigenvalue weighted by Crippen LogP contribution is -2.18. The van der Waals surface area contributed by atoms with Crippen molar-refractivity contribution in [2.24, 2.45) is 0 Å². The zero-order valence-corrected chi connectivity index (χ0v) is 35.0. The monoisotopic (exact) mass is 686 g/mol. The van der Waals surface area contributed by atoms with E-state index in [1.807, 2.05) is 0 Å². The summed E-state index contributed by atoms with van der Waals surface area (Å²) in [5.74, 6) is 0. The summed E-state index contributed by atoms with van der Waals surface area (Å²) in [5, 5.41) is 0. The van der Waals surface area contributed by atoms with E-state index < -0.39 is 0 Å². The SMILES string of the molecule is CCCCCCCCCCCCCCCCCCC=CN(CCCC)C(=CCCCCCCCCCCCCCCCCCC)CCCC. The van der Waals surface area contributed by atoms with E-state index in [4.69, 9.17) is 0 Å². The van der Waals surface area contributed by atoms with Gasteiger partial charge >= 0.3 is 0 Å². The Labute approximate surface area is 312 Å². The molecule has 0 aliphatic heterocycles. The molecule has 0 fully saturated rings. The maximum atomic E-state index is 2.64. The fourth-order valence-electron chi connectivity index (χ4n) is 7.34. The van der Waals surface area contributed by atoms with Gasteiger partial charge in [0.1, 0.15) is 0 Å². The molecule has 0 aliphatic carbocycles. The van der Waals surface area contributed by atoms with Gasteiger partial charge in [0.15, 0.2) is 0 Å². The molecule has 0 amide bonds.